The van der Waals surface area contributed by atoms with Gasteiger partial charge in [0.1, 0.15) is 11.5 Å². The summed E-state index contributed by atoms with van der Waals surface area (Å²) in [5, 5.41) is 11.6. The highest BCUT2D eigenvalue weighted by molar-refractivity contribution is 5.93. The van der Waals surface area contributed by atoms with E-state index in [4.69, 9.17) is 14.6 Å². The molecule has 0 bridgehead atoms. The van der Waals surface area contributed by atoms with E-state index in [1.807, 2.05) is 6.92 Å². The van der Waals surface area contributed by atoms with Gasteiger partial charge in [-0.15, -0.1) is 12.4 Å². The maximum Gasteiger partial charge on any atom is 0.317 e. The van der Waals surface area contributed by atoms with Crippen molar-refractivity contribution in [2.45, 2.75) is 13.3 Å². The monoisotopic (exact) mass is 346 g/mol. The molecule has 1 amide bonds. The molecule has 8 heteroatoms. The maximum absolute atomic E-state index is 12.1. The average Bonchev–Trinajstić information content (AvgIpc) is 2.46. The van der Waals surface area contributed by atoms with Gasteiger partial charge in [0.2, 0.25) is 5.91 Å². The van der Waals surface area contributed by atoms with Gasteiger partial charge < -0.3 is 19.9 Å². The number of hydrogen-bond donors (Lipinski definition) is 2. The lowest BCUT2D eigenvalue weighted by atomic mass is 10.2. The van der Waals surface area contributed by atoms with Gasteiger partial charge in [0.15, 0.2) is 0 Å². The van der Waals surface area contributed by atoms with E-state index in [9.17, 15) is 9.59 Å². The molecule has 2 N–H and O–H groups in total. The number of aliphatic carboxylic acids is 1. The van der Waals surface area contributed by atoms with E-state index in [2.05, 4.69) is 5.32 Å². The van der Waals surface area contributed by atoms with E-state index in [0.29, 0.717) is 23.7 Å². The van der Waals surface area contributed by atoms with Gasteiger partial charge in [0.25, 0.3) is 0 Å². The number of methoxy groups -OCH3 is 2. The van der Waals surface area contributed by atoms with Crippen molar-refractivity contribution in [3.8, 4) is 11.5 Å². The Balaban J connectivity index is 0.00000484. The van der Waals surface area contributed by atoms with E-state index >= 15 is 0 Å². The summed E-state index contributed by atoms with van der Waals surface area (Å²) in [6.45, 7) is 2.32. The summed E-state index contributed by atoms with van der Waals surface area (Å²) in [6.07, 6.45) is 0.771. The molecule has 0 atom stereocenters. The molecule has 0 aliphatic heterocycles. The first-order valence-corrected chi connectivity index (χ1v) is 6.95. The highest BCUT2D eigenvalue weighted by atomic mass is 35.5. The number of carbonyl (C=O) groups is 2. The number of ether oxygens (including phenoxy) is 2. The van der Waals surface area contributed by atoms with Crippen LogP contribution in [0.3, 0.4) is 0 Å². The summed E-state index contributed by atoms with van der Waals surface area (Å²) < 4.78 is 10.3. The number of halogens is 1. The fourth-order valence-electron chi connectivity index (χ4n) is 2.00. The van der Waals surface area contributed by atoms with E-state index < -0.39 is 5.97 Å². The molecule has 23 heavy (non-hydrogen) atoms. The van der Waals surface area contributed by atoms with Crippen LogP contribution < -0.4 is 14.8 Å². The molecule has 0 aliphatic carbocycles. The zero-order chi connectivity index (χ0) is 16.5. The molecule has 0 aliphatic rings. The second-order valence-electron chi connectivity index (χ2n) is 4.75. The predicted octanol–water partition coefficient (Wildman–Crippen LogP) is 1.86. The van der Waals surface area contributed by atoms with Crippen LogP contribution in [0, 0.1) is 0 Å². The van der Waals surface area contributed by atoms with Crippen LogP contribution in [0.1, 0.15) is 13.3 Å². The third-order valence-corrected chi connectivity index (χ3v) is 2.90. The van der Waals surface area contributed by atoms with Gasteiger partial charge in [-0.25, -0.2) is 0 Å². The Kier molecular flexibility index (Phi) is 9.76. The quantitative estimate of drug-likeness (QED) is 0.709. The van der Waals surface area contributed by atoms with Crippen molar-refractivity contribution < 1.29 is 24.2 Å². The van der Waals surface area contributed by atoms with Crippen molar-refractivity contribution in [2.24, 2.45) is 0 Å². The van der Waals surface area contributed by atoms with Crippen molar-refractivity contribution in [1.82, 2.24) is 4.90 Å². The minimum absolute atomic E-state index is 0. The Labute approximate surface area is 142 Å². The molecule has 0 fully saturated rings. The van der Waals surface area contributed by atoms with Crippen LogP contribution in [0.15, 0.2) is 18.2 Å². The minimum atomic E-state index is -0.954. The molecule has 0 aromatic heterocycles. The van der Waals surface area contributed by atoms with Gasteiger partial charge in [0, 0.05) is 23.9 Å². The standard InChI is InChI=1S/C15H22N2O5.ClH/c1-4-5-17(10-15(19)20)9-14(18)16-11-6-12(21-2)8-13(7-11)22-3;/h6-8H,4-5,9-10H2,1-3H3,(H,16,18)(H,19,20);1H. The van der Waals surface area contributed by atoms with Gasteiger partial charge in [-0.2, -0.15) is 0 Å². The number of carboxylic acids is 1. The van der Waals surface area contributed by atoms with Crippen LogP contribution in [0.5, 0.6) is 11.5 Å². The topological polar surface area (TPSA) is 88.1 Å². The minimum Gasteiger partial charge on any atom is -0.497 e. The first-order chi connectivity index (χ1) is 10.5. The zero-order valence-corrected chi connectivity index (χ0v) is 14.3. The first kappa shape index (κ1) is 21.0. The van der Waals surface area contributed by atoms with Gasteiger partial charge >= 0.3 is 5.97 Å². The van der Waals surface area contributed by atoms with Crippen molar-refractivity contribution >= 4 is 30.0 Å². The normalized spacial score (nSPS) is 9.91. The highest BCUT2D eigenvalue weighted by Gasteiger charge is 2.14. The van der Waals surface area contributed by atoms with Crippen LogP contribution in [-0.4, -0.2) is 55.7 Å². The summed E-state index contributed by atoms with van der Waals surface area (Å²) in [5.41, 5.74) is 0.535. The van der Waals surface area contributed by atoms with E-state index in [1.54, 1.807) is 23.1 Å². The molecule has 130 valence electrons. The molecule has 1 rings (SSSR count). The molecule has 0 saturated carbocycles. The second-order valence-corrected chi connectivity index (χ2v) is 4.75. The van der Waals surface area contributed by atoms with E-state index in [1.165, 1.54) is 14.2 Å². The molecule has 1 aromatic rings. The zero-order valence-electron chi connectivity index (χ0n) is 13.5. The Morgan fingerprint density at radius 3 is 2.13 bits per heavy atom. The average molecular weight is 347 g/mol. The molecule has 7 nitrogen and oxygen atoms in total. The lowest BCUT2D eigenvalue weighted by molar-refractivity contribution is -0.138. The molecule has 0 heterocycles. The lowest BCUT2D eigenvalue weighted by Gasteiger charge is -2.19. The van der Waals surface area contributed by atoms with Crippen LogP contribution >= 0.6 is 12.4 Å². The largest absolute Gasteiger partial charge is 0.497 e. The first-order valence-electron chi connectivity index (χ1n) is 6.95. The number of hydrogen-bond acceptors (Lipinski definition) is 5. The molecule has 0 saturated heterocycles. The molecule has 0 spiro atoms. The number of carbonyl (C=O) groups excluding carboxylic acids is 1. The summed E-state index contributed by atoms with van der Waals surface area (Å²) in [6, 6.07) is 5.03. The highest BCUT2D eigenvalue weighted by Crippen LogP contribution is 2.25. The Morgan fingerprint density at radius 1 is 1.13 bits per heavy atom. The number of anilines is 1. The van der Waals surface area contributed by atoms with Crippen molar-refractivity contribution in [3.05, 3.63) is 18.2 Å². The van der Waals surface area contributed by atoms with Gasteiger partial charge in [-0.3, -0.25) is 14.5 Å². The van der Waals surface area contributed by atoms with Crippen LogP contribution in [0.25, 0.3) is 0 Å². The van der Waals surface area contributed by atoms with E-state index in [0.717, 1.165) is 6.42 Å². The third kappa shape index (κ3) is 7.71. The van der Waals surface area contributed by atoms with Crippen molar-refractivity contribution in [3.63, 3.8) is 0 Å². The number of amides is 1. The second kappa shape index (κ2) is 10.7. The molecule has 0 radical (unpaired) electrons. The predicted molar refractivity (Wildman–Crippen MR) is 89.8 cm³/mol. The summed E-state index contributed by atoms with van der Waals surface area (Å²) in [4.78, 5) is 24.4. The summed E-state index contributed by atoms with van der Waals surface area (Å²) in [5.74, 6) is -0.120. The number of nitrogens with zero attached hydrogens (tertiary/aromatic N) is 1. The maximum atomic E-state index is 12.1. The van der Waals surface area contributed by atoms with Crippen molar-refractivity contribution in [1.29, 1.82) is 0 Å². The fourth-order valence-corrected chi connectivity index (χ4v) is 2.00. The van der Waals surface area contributed by atoms with Crippen LogP contribution in [0.2, 0.25) is 0 Å². The van der Waals surface area contributed by atoms with Crippen molar-refractivity contribution in [2.75, 3.05) is 39.2 Å². The van der Waals surface area contributed by atoms with Gasteiger partial charge in [0.05, 0.1) is 27.3 Å². The lowest BCUT2D eigenvalue weighted by Crippen LogP contribution is -2.37. The number of benzene rings is 1. The van der Waals surface area contributed by atoms with Crippen LogP contribution in [0.4, 0.5) is 5.69 Å². The van der Waals surface area contributed by atoms with Gasteiger partial charge in [-0.1, -0.05) is 6.92 Å². The third-order valence-electron chi connectivity index (χ3n) is 2.90. The summed E-state index contributed by atoms with van der Waals surface area (Å²) in [7, 11) is 3.05. The van der Waals surface area contributed by atoms with Gasteiger partial charge in [-0.05, 0) is 13.0 Å². The Morgan fingerprint density at radius 2 is 1.70 bits per heavy atom. The molecular weight excluding hydrogens is 324 g/mol. The number of rotatable bonds is 9. The summed E-state index contributed by atoms with van der Waals surface area (Å²) >= 11 is 0. The molecule has 1 aromatic carbocycles. The Hall–Kier alpha value is -1.99. The molecule has 0 unspecified atom stereocenters. The number of carboxylic acid groups (broad SMARTS) is 1. The smallest absolute Gasteiger partial charge is 0.317 e. The number of nitrogens with one attached hydrogen (secondary N) is 1. The van der Waals surface area contributed by atoms with E-state index in [-0.39, 0.29) is 31.4 Å². The SMILES string of the molecule is CCCN(CC(=O)O)CC(=O)Nc1cc(OC)cc(OC)c1.Cl. The molecular formula is C15H23ClN2O5. The Bertz CT molecular complexity index is 502. The van der Waals surface area contributed by atoms with Crippen LogP contribution in [-0.2, 0) is 9.59 Å². The fraction of sp³-hybridized carbons (Fsp3) is 0.467.